The first-order chi connectivity index (χ1) is 25.2. The van der Waals surface area contributed by atoms with Crippen LogP contribution in [0, 0.1) is 6.92 Å². The second kappa shape index (κ2) is 11.7. The summed E-state index contributed by atoms with van der Waals surface area (Å²) >= 11 is 1.88. The van der Waals surface area contributed by atoms with E-state index in [2.05, 4.69) is 193 Å². The maximum Gasteiger partial charge on any atom is 0.0542 e. The van der Waals surface area contributed by atoms with Crippen LogP contribution in [0.15, 0.2) is 170 Å². The highest BCUT2D eigenvalue weighted by molar-refractivity contribution is 7.20. The van der Waals surface area contributed by atoms with Gasteiger partial charge in [0.05, 0.1) is 22.1 Å². The Morgan fingerprint density at radius 1 is 0.471 bits per heavy atom. The fourth-order valence-corrected chi connectivity index (χ4v) is 9.44. The van der Waals surface area contributed by atoms with E-state index in [1.807, 2.05) is 11.3 Å². The number of allylic oxidation sites excluding steroid dienone is 1. The van der Waals surface area contributed by atoms with E-state index in [1.54, 1.807) is 0 Å². The van der Waals surface area contributed by atoms with Gasteiger partial charge < -0.3 is 9.13 Å². The maximum atomic E-state index is 2.42. The first-order valence-corrected chi connectivity index (χ1v) is 18.4. The molecule has 3 aromatic heterocycles. The molecular weight excluding hydrogens is 637 g/mol. The molecule has 0 aliphatic carbocycles. The summed E-state index contributed by atoms with van der Waals surface area (Å²) in [6, 6.07) is 59.9. The minimum absolute atomic E-state index is 1.15. The Morgan fingerprint density at radius 2 is 1.00 bits per heavy atom. The van der Waals surface area contributed by atoms with Crippen molar-refractivity contribution < 1.29 is 0 Å². The summed E-state index contributed by atoms with van der Waals surface area (Å²) < 4.78 is 6.16. The summed E-state index contributed by atoms with van der Waals surface area (Å²) in [7, 11) is 0. The Morgan fingerprint density at radius 3 is 1.65 bits per heavy atom. The van der Waals surface area contributed by atoms with Crippen LogP contribution >= 0.6 is 11.3 Å². The summed E-state index contributed by atoms with van der Waals surface area (Å²) in [5.74, 6) is 0. The van der Waals surface area contributed by atoms with Crippen molar-refractivity contribution in [2.75, 3.05) is 0 Å². The third kappa shape index (κ3) is 4.62. The summed E-state index contributed by atoms with van der Waals surface area (Å²) in [6.45, 7) is 4.41. The summed E-state index contributed by atoms with van der Waals surface area (Å²) in [5, 5.41) is 6.39. The van der Waals surface area contributed by atoms with Crippen LogP contribution in [-0.4, -0.2) is 9.13 Å². The van der Waals surface area contributed by atoms with Gasteiger partial charge in [-0.2, -0.15) is 0 Å². The van der Waals surface area contributed by atoms with Gasteiger partial charge in [0.2, 0.25) is 0 Å². The highest BCUT2D eigenvalue weighted by atomic mass is 32.1. The van der Waals surface area contributed by atoms with E-state index < -0.39 is 0 Å². The molecule has 0 atom stereocenters. The zero-order valence-electron chi connectivity index (χ0n) is 28.5. The molecule has 0 saturated carbocycles. The molecule has 0 aliphatic rings. The Kier molecular flexibility index (Phi) is 6.83. The zero-order chi connectivity index (χ0) is 34.1. The summed E-state index contributed by atoms with van der Waals surface area (Å²) in [6.07, 6.45) is 2.26. The fourth-order valence-electron chi connectivity index (χ4n) is 8.13. The lowest BCUT2D eigenvalue weighted by Crippen LogP contribution is -1.96. The monoisotopic (exact) mass is 670 g/mol. The number of rotatable bonds is 5. The van der Waals surface area contributed by atoms with Gasteiger partial charge in [0.15, 0.2) is 0 Å². The van der Waals surface area contributed by atoms with E-state index >= 15 is 0 Å². The third-order valence-electron chi connectivity index (χ3n) is 10.5. The number of fused-ring (bicyclic) bond motifs is 7. The Labute approximate surface area is 300 Å². The van der Waals surface area contributed by atoms with Crippen molar-refractivity contribution in [1.82, 2.24) is 9.13 Å². The predicted octanol–water partition coefficient (Wildman–Crippen LogP) is 13.5. The van der Waals surface area contributed by atoms with Gasteiger partial charge in [0.25, 0.3) is 0 Å². The number of hydrogen-bond donors (Lipinski definition) is 0. The van der Waals surface area contributed by atoms with E-state index in [-0.39, 0.29) is 0 Å². The molecule has 0 amide bonds. The number of aromatic nitrogens is 2. The van der Waals surface area contributed by atoms with Gasteiger partial charge in [-0.05, 0) is 108 Å². The van der Waals surface area contributed by atoms with Gasteiger partial charge in [-0.1, -0.05) is 109 Å². The standard InChI is InChI=1S/C48H34N2S/c1-3-37(48-31(2)38-18-7-11-25-47(38)51-48)34-16-12-14-32(28-34)33-15-13-17-35(29-33)49-45-24-10-6-21-41(45)42-30-36(26-27-46(42)49)50-43-22-8-4-19-39(43)40-20-5-9-23-44(40)50/h3-30H,1-2H3/b37-3-. The number of nitrogens with zero attached hydrogens (tertiary/aromatic N) is 2. The van der Waals surface area contributed by atoms with Crippen molar-refractivity contribution >= 4 is 70.6 Å². The first-order valence-electron chi connectivity index (χ1n) is 17.6. The molecule has 0 aliphatic heterocycles. The van der Waals surface area contributed by atoms with Gasteiger partial charge >= 0.3 is 0 Å². The van der Waals surface area contributed by atoms with Crippen molar-refractivity contribution in [1.29, 1.82) is 0 Å². The minimum atomic E-state index is 1.15. The van der Waals surface area contributed by atoms with Crippen LogP contribution in [0.3, 0.4) is 0 Å². The molecule has 10 rings (SSSR count). The van der Waals surface area contributed by atoms with Gasteiger partial charge in [-0.25, -0.2) is 0 Å². The van der Waals surface area contributed by atoms with Crippen molar-refractivity contribution in [3.05, 3.63) is 186 Å². The highest BCUT2D eigenvalue weighted by Crippen LogP contribution is 2.40. The highest BCUT2D eigenvalue weighted by Gasteiger charge is 2.18. The van der Waals surface area contributed by atoms with E-state index in [1.165, 1.54) is 92.1 Å². The Hall–Kier alpha value is -6.16. The second-order valence-corrected chi connectivity index (χ2v) is 14.4. The Balaban J connectivity index is 1.10. The molecule has 0 unspecified atom stereocenters. The molecule has 242 valence electrons. The number of para-hydroxylation sites is 3. The molecule has 0 saturated heterocycles. The van der Waals surface area contributed by atoms with E-state index in [4.69, 9.17) is 0 Å². The van der Waals surface area contributed by atoms with E-state index in [0.717, 1.165) is 5.69 Å². The van der Waals surface area contributed by atoms with Crippen LogP contribution < -0.4 is 0 Å². The topological polar surface area (TPSA) is 9.86 Å². The quantitative estimate of drug-likeness (QED) is 0.172. The summed E-state index contributed by atoms with van der Waals surface area (Å²) in [4.78, 5) is 1.34. The predicted molar refractivity (Wildman–Crippen MR) is 220 cm³/mol. The molecule has 0 fully saturated rings. The molecule has 7 aromatic carbocycles. The van der Waals surface area contributed by atoms with Gasteiger partial charge in [-0.3, -0.25) is 0 Å². The van der Waals surface area contributed by atoms with Gasteiger partial charge in [0.1, 0.15) is 0 Å². The van der Waals surface area contributed by atoms with Crippen molar-refractivity contribution in [3.63, 3.8) is 0 Å². The lowest BCUT2D eigenvalue weighted by molar-refractivity contribution is 1.17. The van der Waals surface area contributed by atoms with Crippen LogP contribution in [0.1, 0.15) is 22.9 Å². The van der Waals surface area contributed by atoms with Crippen LogP contribution in [-0.2, 0) is 0 Å². The third-order valence-corrected chi connectivity index (χ3v) is 11.8. The number of hydrogen-bond acceptors (Lipinski definition) is 1. The lowest BCUT2D eigenvalue weighted by atomic mass is 9.96. The van der Waals surface area contributed by atoms with Crippen molar-refractivity contribution in [2.45, 2.75) is 13.8 Å². The van der Waals surface area contributed by atoms with Crippen LogP contribution in [0.4, 0.5) is 0 Å². The van der Waals surface area contributed by atoms with Gasteiger partial charge in [-0.15, -0.1) is 11.3 Å². The van der Waals surface area contributed by atoms with Crippen LogP contribution in [0.2, 0.25) is 0 Å². The van der Waals surface area contributed by atoms with Gasteiger partial charge in [0, 0.05) is 42.5 Å². The van der Waals surface area contributed by atoms with Crippen LogP contribution in [0.5, 0.6) is 0 Å². The minimum Gasteiger partial charge on any atom is -0.309 e. The summed E-state index contributed by atoms with van der Waals surface area (Å²) in [5.41, 5.74) is 13.5. The fraction of sp³-hybridized carbons (Fsp3) is 0.0417. The largest absolute Gasteiger partial charge is 0.309 e. The molecule has 0 spiro atoms. The van der Waals surface area contributed by atoms with E-state index in [0.29, 0.717) is 0 Å². The Bertz CT molecular complexity index is 2950. The molecule has 51 heavy (non-hydrogen) atoms. The molecule has 10 aromatic rings. The van der Waals surface area contributed by atoms with E-state index in [9.17, 15) is 0 Å². The zero-order valence-corrected chi connectivity index (χ0v) is 29.3. The number of benzene rings is 7. The number of thiophene rings is 1. The lowest BCUT2D eigenvalue weighted by Gasteiger charge is -2.13. The molecule has 2 nitrogen and oxygen atoms in total. The first kappa shape index (κ1) is 29.7. The second-order valence-electron chi connectivity index (χ2n) is 13.3. The van der Waals surface area contributed by atoms with Crippen molar-refractivity contribution in [3.8, 4) is 22.5 Å². The normalized spacial score (nSPS) is 12.2. The van der Waals surface area contributed by atoms with Crippen LogP contribution in [0.25, 0.3) is 81.8 Å². The average Bonchev–Trinajstić information content (AvgIpc) is 3.82. The SMILES string of the molecule is C/C=C(/c1cccc(-c2cccc(-n3c4ccccc4c4cc(-n5c6ccccc6c6ccccc65)ccc43)c2)c1)c1sc2ccccc2c1C. The average molecular weight is 671 g/mol. The molecule has 3 heterocycles. The number of aryl methyl sites for hydroxylation is 1. The molecule has 0 N–H and O–H groups in total. The smallest absolute Gasteiger partial charge is 0.0542 e. The molecular formula is C48H34N2S. The maximum absolute atomic E-state index is 2.42. The molecule has 0 radical (unpaired) electrons. The molecule has 0 bridgehead atoms. The molecule has 3 heteroatoms. The van der Waals surface area contributed by atoms with Crippen molar-refractivity contribution in [2.24, 2.45) is 0 Å².